The minimum absolute atomic E-state index is 0.0992. The second-order valence-electron chi connectivity index (χ2n) is 10.9. The van der Waals surface area contributed by atoms with Crippen LogP contribution in [-0.4, -0.2) is 39.6 Å². The first-order chi connectivity index (χ1) is 20.3. The summed E-state index contributed by atoms with van der Waals surface area (Å²) in [5.74, 6) is -4.23. The molecule has 0 unspecified atom stereocenters. The molecule has 2 bridgehead atoms. The highest BCUT2D eigenvalue weighted by atomic mass is 35.5. The number of hydrogen-bond donors (Lipinski definition) is 0. The third kappa shape index (κ3) is 3.79. The molecule has 208 valence electrons. The van der Waals surface area contributed by atoms with Crippen molar-refractivity contribution < 1.29 is 19.2 Å². The van der Waals surface area contributed by atoms with E-state index in [-0.39, 0.29) is 27.4 Å². The molecule has 8 rings (SSSR count). The number of imide groups is 1. The average molecular weight is 595 g/mol. The van der Waals surface area contributed by atoms with Gasteiger partial charge < -0.3 is 0 Å². The predicted molar refractivity (Wildman–Crippen MR) is 158 cm³/mol. The molecular weight excluding hydrogens is 571 g/mol. The fourth-order valence-corrected chi connectivity index (χ4v) is 7.33. The third-order valence-electron chi connectivity index (χ3n) is 8.82. The largest absolute Gasteiger partial charge is 0.292 e. The third-order valence-corrected chi connectivity index (χ3v) is 9.56. The Kier molecular flexibility index (Phi) is 6.30. The maximum absolute atomic E-state index is 14.5. The Morgan fingerprint density at radius 2 is 1.14 bits per heavy atom. The van der Waals surface area contributed by atoms with Crippen LogP contribution in [0.1, 0.15) is 61.7 Å². The van der Waals surface area contributed by atoms with Crippen LogP contribution in [0.2, 0.25) is 10.0 Å². The number of halogens is 2. The number of rotatable bonds is 5. The van der Waals surface area contributed by atoms with E-state index in [4.69, 9.17) is 23.2 Å². The fourth-order valence-electron chi connectivity index (χ4n) is 7.03. The molecule has 0 aromatic heterocycles. The van der Waals surface area contributed by atoms with Crippen molar-refractivity contribution in [3.05, 3.63) is 140 Å². The van der Waals surface area contributed by atoms with E-state index in [1.54, 1.807) is 30.3 Å². The van der Waals surface area contributed by atoms with E-state index in [2.05, 4.69) is 0 Å². The average Bonchev–Trinajstić information content (AvgIpc) is 3.28. The Bertz CT molecular complexity index is 1690. The zero-order chi connectivity index (χ0) is 29.3. The van der Waals surface area contributed by atoms with Gasteiger partial charge in [0.2, 0.25) is 0 Å². The summed E-state index contributed by atoms with van der Waals surface area (Å²) < 4.78 is 0. The Labute approximate surface area is 252 Å². The van der Waals surface area contributed by atoms with Gasteiger partial charge in [0.1, 0.15) is 6.04 Å². The summed E-state index contributed by atoms with van der Waals surface area (Å²) in [6, 6.07) is 27.5. The van der Waals surface area contributed by atoms with Crippen LogP contribution < -0.4 is 0 Å². The number of hydrogen-bond acceptors (Lipinski definition) is 4. The maximum atomic E-state index is 14.5. The summed E-state index contributed by atoms with van der Waals surface area (Å²) in [5, 5.41) is 2.34. The van der Waals surface area contributed by atoms with Crippen LogP contribution in [-0.2, 0) is 9.59 Å². The normalized spacial score (nSPS) is 22.3. The smallest absolute Gasteiger partial charge is 0.273 e. The van der Waals surface area contributed by atoms with E-state index in [0.717, 1.165) is 32.3 Å². The van der Waals surface area contributed by atoms with Crippen molar-refractivity contribution in [2.45, 2.75) is 24.8 Å². The SMILES string of the molecule is C[C@@H](C(=O)c1ccccc1)N(C(=O)c1ccc(Cl)c(Cl)c1)N1C(=O)[C@@H]2C3c4ccccc4C(c4ccccc43)[C@@H]2C1=O. The zero-order valence-electron chi connectivity index (χ0n) is 22.4. The molecule has 4 aromatic carbocycles. The van der Waals surface area contributed by atoms with Gasteiger partial charge in [0.15, 0.2) is 5.78 Å². The van der Waals surface area contributed by atoms with Crippen molar-refractivity contribution in [1.82, 2.24) is 10.0 Å². The van der Waals surface area contributed by atoms with E-state index >= 15 is 0 Å². The number of amides is 3. The molecule has 1 aliphatic heterocycles. The van der Waals surface area contributed by atoms with E-state index in [0.29, 0.717) is 5.56 Å². The molecule has 0 saturated carbocycles. The Morgan fingerprint density at radius 1 is 0.667 bits per heavy atom. The van der Waals surface area contributed by atoms with Gasteiger partial charge in [0.25, 0.3) is 17.7 Å². The van der Waals surface area contributed by atoms with Gasteiger partial charge in [-0.25, -0.2) is 5.01 Å². The van der Waals surface area contributed by atoms with Crippen molar-refractivity contribution in [3.63, 3.8) is 0 Å². The summed E-state index contributed by atoms with van der Waals surface area (Å²) in [5.41, 5.74) is 4.51. The molecule has 1 fully saturated rings. The van der Waals surface area contributed by atoms with Gasteiger partial charge in [0.05, 0.1) is 21.9 Å². The van der Waals surface area contributed by atoms with Crippen molar-refractivity contribution >= 4 is 46.7 Å². The highest BCUT2D eigenvalue weighted by Crippen LogP contribution is 2.61. The number of Topliss-reactive ketones (excluding diaryl/α,β-unsaturated/α-hetero) is 1. The lowest BCUT2D eigenvalue weighted by molar-refractivity contribution is -0.156. The minimum atomic E-state index is -1.18. The van der Waals surface area contributed by atoms with Crippen molar-refractivity contribution in [2.24, 2.45) is 11.8 Å². The summed E-state index contributed by atoms with van der Waals surface area (Å²) in [6.45, 7) is 1.53. The van der Waals surface area contributed by atoms with Crippen LogP contribution in [0, 0.1) is 11.8 Å². The van der Waals surface area contributed by atoms with Crippen molar-refractivity contribution in [1.29, 1.82) is 0 Å². The molecule has 0 spiro atoms. The monoisotopic (exact) mass is 594 g/mol. The molecule has 3 amide bonds. The second kappa shape index (κ2) is 9.93. The number of carbonyl (C=O) groups is 4. The lowest BCUT2D eigenvalue weighted by Gasteiger charge is -2.45. The van der Waals surface area contributed by atoms with Crippen LogP contribution in [0.15, 0.2) is 97.1 Å². The number of ketones is 1. The lowest BCUT2D eigenvalue weighted by atomic mass is 9.55. The predicted octanol–water partition coefficient (Wildman–Crippen LogP) is 6.51. The van der Waals surface area contributed by atoms with Gasteiger partial charge in [0, 0.05) is 23.0 Å². The Morgan fingerprint density at radius 3 is 1.62 bits per heavy atom. The first-order valence-electron chi connectivity index (χ1n) is 13.7. The van der Waals surface area contributed by atoms with E-state index in [1.807, 2.05) is 48.5 Å². The van der Waals surface area contributed by atoms with Crippen LogP contribution in [0.4, 0.5) is 0 Å². The number of hydrazine groups is 1. The summed E-state index contributed by atoms with van der Waals surface area (Å²) in [7, 11) is 0. The van der Waals surface area contributed by atoms with Crippen LogP contribution in [0.5, 0.6) is 0 Å². The first-order valence-corrected chi connectivity index (χ1v) is 14.5. The standard InChI is InChI=1S/C34H24Cl2N2O4/c1-18(31(39)19-9-3-2-4-10-19)37(32(40)20-15-16-25(35)26(36)17-20)38-33(41)29-27-21-11-5-6-12-22(21)28(30(29)34(38)42)24-14-8-7-13-23(24)27/h2-18,27-30H,1H3/t18-,27?,28?,29-,30+/m0/s1. The van der Waals surface area contributed by atoms with Gasteiger partial charge in [-0.05, 0) is 47.4 Å². The van der Waals surface area contributed by atoms with Gasteiger partial charge in [-0.2, -0.15) is 5.01 Å². The molecule has 0 N–H and O–H groups in total. The van der Waals surface area contributed by atoms with Crippen LogP contribution in [0.25, 0.3) is 0 Å². The number of benzene rings is 4. The van der Waals surface area contributed by atoms with Crippen LogP contribution >= 0.6 is 23.2 Å². The van der Waals surface area contributed by atoms with Crippen molar-refractivity contribution in [2.75, 3.05) is 0 Å². The molecule has 3 atom stereocenters. The van der Waals surface area contributed by atoms with Gasteiger partial charge in [-0.1, -0.05) is 102 Å². The number of nitrogens with zero attached hydrogens (tertiary/aromatic N) is 2. The topological polar surface area (TPSA) is 74.8 Å². The highest BCUT2D eigenvalue weighted by molar-refractivity contribution is 6.42. The molecule has 1 heterocycles. The number of carbonyl (C=O) groups excluding carboxylic acids is 4. The summed E-state index contributed by atoms with van der Waals surface area (Å²) >= 11 is 12.4. The minimum Gasteiger partial charge on any atom is -0.292 e. The van der Waals surface area contributed by atoms with E-state index in [9.17, 15) is 19.2 Å². The zero-order valence-corrected chi connectivity index (χ0v) is 23.9. The van der Waals surface area contributed by atoms with Crippen molar-refractivity contribution in [3.8, 4) is 0 Å². The Balaban J connectivity index is 1.37. The van der Waals surface area contributed by atoms with E-state index in [1.165, 1.54) is 25.1 Å². The molecule has 4 aromatic rings. The first kappa shape index (κ1) is 26.6. The summed E-state index contributed by atoms with van der Waals surface area (Å²) in [6.07, 6.45) is 0. The molecular formula is C34H24Cl2N2O4. The van der Waals surface area contributed by atoms with Gasteiger partial charge in [-0.3, -0.25) is 19.2 Å². The van der Waals surface area contributed by atoms with E-state index < -0.39 is 41.4 Å². The quantitative estimate of drug-likeness (QED) is 0.195. The second-order valence-corrected chi connectivity index (χ2v) is 11.8. The van der Waals surface area contributed by atoms with Gasteiger partial charge >= 0.3 is 0 Å². The summed E-state index contributed by atoms with van der Waals surface area (Å²) in [4.78, 5) is 56.9. The maximum Gasteiger partial charge on any atom is 0.273 e. The highest BCUT2D eigenvalue weighted by Gasteiger charge is 2.63. The molecule has 3 aliphatic carbocycles. The molecule has 6 nitrogen and oxygen atoms in total. The lowest BCUT2D eigenvalue weighted by Crippen LogP contribution is -2.56. The molecule has 4 aliphatic rings. The molecule has 1 saturated heterocycles. The van der Waals surface area contributed by atoms with Crippen LogP contribution in [0.3, 0.4) is 0 Å². The van der Waals surface area contributed by atoms with Gasteiger partial charge in [-0.15, -0.1) is 0 Å². The molecule has 0 radical (unpaired) electrons. The Hall–Kier alpha value is -4.26. The molecule has 42 heavy (non-hydrogen) atoms. The molecule has 8 heteroatoms. The fraction of sp³-hybridized carbons (Fsp3) is 0.176.